The zero-order chi connectivity index (χ0) is 19.8. The Morgan fingerprint density at radius 2 is 1.35 bits per heavy atom. The molecular formula is C24H36OSi. The molecule has 0 aliphatic carbocycles. The number of rotatable bonds is 4. The molecule has 0 radical (unpaired) electrons. The van der Waals surface area contributed by atoms with Crippen molar-refractivity contribution in [2.45, 2.75) is 77.9 Å². The molecule has 0 amide bonds. The Hall–Kier alpha value is -1.54. The van der Waals surface area contributed by atoms with E-state index in [1.165, 1.54) is 22.4 Å². The molecule has 0 fully saturated rings. The van der Waals surface area contributed by atoms with E-state index in [0.717, 1.165) is 12.0 Å². The van der Waals surface area contributed by atoms with Crippen molar-refractivity contribution in [1.29, 1.82) is 0 Å². The highest BCUT2D eigenvalue weighted by Gasteiger charge is 2.27. The van der Waals surface area contributed by atoms with Gasteiger partial charge in [0.1, 0.15) is 5.75 Å². The summed E-state index contributed by atoms with van der Waals surface area (Å²) in [6, 6.07) is 16.5. The summed E-state index contributed by atoms with van der Waals surface area (Å²) in [5.41, 5.74) is 3.71. The topological polar surface area (TPSA) is 20.2 Å². The van der Waals surface area contributed by atoms with Gasteiger partial charge in [0.05, 0.1) is 8.07 Å². The maximum absolute atomic E-state index is 10.6. The second kappa shape index (κ2) is 7.23. The van der Waals surface area contributed by atoms with Crippen LogP contribution in [0.25, 0.3) is 0 Å². The SMILES string of the molecule is CC(C)(C)c1cc(CC[Si](C)(C)c2ccccc2)c(C(C)(C)C)cc1O. The van der Waals surface area contributed by atoms with Crippen LogP contribution in [-0.4, -0.2) is 13.2 Å². The second-order valence-corrected chi connectivity index (χ2v) is 15.1. The Labute approximate surface area is 161 Å². The average Bonchev–Trinajstić information content (AvgIpc) is 2.52. The van der Waals surface area contributed by atoms with Crippen molar-refractivity contribution in [2.24, 2.45) is 0 Å². The van der Waals surface area contributed by atoms with E-state index in [9.17, 15) is 5.11 Å². The lowest BCUT2D eigenvalue weighted by Crippen LogP contribution is -2.41. The summed E-state index contributed by atoms with van der Waals surface area (Å²) in [7, 11) is -1.48. The van der Waals surface area contributed by atoms with Crippen molar-refractivity contribution in [3.63, 3.8) is 0 Å². The summed E-state index contributed by atoms with van der Waals surface area (Å²) in [4.78, 5) is 0. The molecule has 0 spiro atoms. The van der Waals surface area contributed by atoms with Gasteiger partial charge in [0.15, 0.2) is 0 Å². The number of hydrogen-bond donors (Lipinski definition) is 1. The first-order valence-corrected chi connectivity index (χ1v) is 13.0. The van der Waals surface area contributed by atoms with Crippen LogP contribution in [0, 0.1) is 0 Å². The number of aryl methyl sites for hydroxylation is 1. The molecule has 0 saturated carbocycles. The van der Waals surface area contributed by atoms with Crippen LogP contribution in [0.15, 0.2) is 42.5 Å². The smallest absolute Gasteiger partial charge is 0.119 e. The summed E-state index contributed by atoms with van der Waals surface area (Å²) in [6.07, 6.45) is 1.07. The Kier molecular flexibility index (Phi) is 5.77. The van der Waals surface area contributed by atoms with Crippen LogP contribution in [0.5, 0.6) is 5.75 Å². The summed E-state index contributed by atoms with van der Waals surface area (Å²) in [5, 5.41) is 12.2. The van der Waals surface area contributed by atoms with Gasteiger partial charge in [-0.3, -0.25) is 0 Å². The number of aromatic hydroxyl groups is 1. The van der Waals surface area contributed by atoms with Gasteiger partial charge in [-0.05, 0) is 46.1 Å². The lowest BCUT2D eigenvalue weighted by Gasteiger charge is -2.29. The fourth-order valence-corrected chi connectivity index (χ4v) is 5.90. The molecule has 0 aliphatic heterocycles. The van der Waals surface area contributed by atoms with E-state index in [1.807, 2.05) is 6.07 Å². The molecule has 0 heterocycles. The normalized spacial score (nSPS) is 13.1. The van der Waals surface area contributed by atoms with E-state index >= 15 is 0 Å². The predicted octanol–water partition coefficient (Wildman–Crippen LogP) is 6.15. The molecule has 2 heteroatoms. The van der Waals surface area contributed by atoms with Crippen LogP contribution in [0.2, 0.25) is 19.1 Å². The van der Waals surface area contributed by atoms with Gasteiger partial charge in [0.2, 0.25) is 0 Å². The average molecular weight is 369 g/mol. The zero-order valence-corrected chi connectivity index (χ0v) is 18.9. The van der Waals surface area contributed by atoms with Gasteiger partial charge in [0.25, 0.3) is 0 Å². The van der Waals surface area contributed by atoms with Crippen LogP contribution >= 0.6 is 0 Å². The number of benzene rings is 2. The van der Waals surface area contributed by atoms with Crippen LogP contribution in [0.3, 0.4) is 0 Å². The number of phenols is 1. The minimum atomic E-state index is -1.48. The van der Waals surface area contributed by atoms with Gasteiger partial charge in [-0.15, -0.1) is 0 Å². The first kappa shape index (κ1) is 20.8. The number of phenolic OH excluding ortho intramolecular Hbond substituents is 1. The van der Waals surface area contributed by atoms with Crippen molar-refractivity contribution < 1.29 is 5.11 Å². The summed E-state index contributed by atoms with van der Waals surface area (Å²) < 4.78 is 0. The molecule has 2 aromatic rings. The Morgan fingerprint density at radius 1 is 0.808 bits per heavy atom. The minimum Gasteiger partial charge on any atom is -0.508 e. The van der Waals surface area contributed by atoms with Gasteiger partial charge in [0, 0.05) is 0 Å². The Balaban J connectivity index is 2.41. The van der Waals surface area contributed by atoms with Gasteiger partial charge in [-0.25, -0.2) is 0 Å². The monoisotopic (exact) mass is 368 g/mol. The molecule has 1 nitrogen and oxygen atoms in total. The predicted molar refractivity (Wildman–Crippen MR) is 118 cm³/mol. The van der Waals surface area contributed by atoms with E-state index in [-0.39, 0.29) is 10.8 Å². The molecule has 0 aromatic heterocycles. The molecule has 1 N–H and O–H groups in total. The lowest BCUT2D eigenvalue weighted by atomic mass is 9.78. The molecule has 26 heavy (non-hydrogen) atoms. The van der Waals surface area contributed by atoms with Crippen molar-refractivity contribution in [1.82, 2.24) is 0 Å². The minimum absolute atomic E-state index is 0.0294. The van der Waals surface area contributed by atoms with E-state index in [2.05, 4.69) is 91.0 Å². The fourth-order valence-electron chi connectivity index (χ4n) is 3.62. The van der Waals surface area contributed by atoms with Crippen LogP contribution in [0.1, 0.15) is 58.2 Å². The molecule has 142 valence electrons. The maximum Gasteiger partial charge on any atom is 0.119 e. The molecule has 0 aliphatic rings. The quantitative estimate of drug-likeness (QED) is 0.642. The standard InChI is InChI=1S/C24H36OSi/c1-23(2,3)20-17-22(25)21(24(4,5)6)16-18(20)14-15-26(7,8)19-12-10-9-11-13-19/h9-13,16-17,25H,14-15H2,1-8H3. The highest BCUT2D eigenvalue weighted by Crippen LogP contribution is 2.38. The molecular weight excluding hydrogens is 332 g/mol. The summed E-state index contributed by atoms with van der Waals surface area (Å²) in [5.74, 6) is 0.436. The second-order valence-electron chi connectivity index (χ2n) is 10.3. The Morgan fingerprint density at radius 3 is 1.85 bits per heavy atom. The maximum atomic E-state index is 10.6. The summed E-state index contributed by atoms with van der Waals surface area (Å²) >= 11 is 0. The van der Waals surface area contributed by atoms with Crippen molar-refractivity contribution >= 4 is 13.3 Å². The lowest BCUT2D eigenvalue weighted by molar-refractivity contribution is 0.442. The third-order valence-electron chi connectivity index (χ3n) is 5.41. The van der Waals surface area contributed by atoms with Crippen molar-refractivity contribution in [3.8, 4) is 5.75 Å². The molecule has 0 unspecified atom stereocenters. The van der Waals surface area contributed by atoms with Gasteiger partial charge < -0.3 is 5.11 Å². The van der Waals surface area contributed by atoms with Crippen molar-refractivity contribution in [2.75, 3.05) is 0 Å². The molecule has 0 atom stereocenters. The van der Waals surface area contributed by atoms with Crippen LogP contribution in [-0.2, 0) is 17.3 Å². The van der Waals surface area contributed by atoms with Gasteiger partial charge in [-0.2, -0.15) is 0 Å². The van der Waals surface area contributed by atoms with Gasteiger partial charge in [-0.1, -0.05) is 96.2 Å². The first-order chi connectivity index (χ1) is 11.8. The van der Waals surface area contributed by atoms with E-state index in [1.54, 1.807) is 0 Å². The van der Waals surface area contributed by atoms with Crippen LogP contribution < -0.4 is 5.19 Å². The fraction of sp³-hybridized carbons (Fsp3) is 0.500. The van der Waals surface area contributed by atoms with E-state index in [4.69, 9.17) is 0 Å². The third kappa shape index (κ3) is 4.79. The van der Waals surface area contributed by atoms with Crippen molar-refractivity contribution in [3.05, 3.63) is 59.2 Å². The molecule has 2 aromatic carbocycles. The molecule has 0 saturated heterocycles. The largest absolute Gasteiger partial charge is 0.508 e. The van der Waals surface area contributed by atoms with E-state index < -0.39 is 8.07 Å². The molecule has 0 bridgehead atoms. The Bertz CT molecular complexity index is 746. The first-order valence-electron chi connectivity index (χ1n) is 9.75. The number of hydrogen-bond acceptors (Lipinski definition) is 1. The van der Waals surface area contributed by atoms with Crippen LogP contribution in [0.4, 0.5) is 0 Å². The highest BCUT2D eigenvalue weighted by atomic mass is 28.3. The third-order valence-corrected chi connectivity index (χ3v) is 8.81. The van der Waals surface area contributed by atoms with E-state index in [0.29, 0.717) is 5.75 Å². The zero-order valence-electron chi connectivity index (χ0n) is 17.9. The summed E-state index contributed by atoms with van der Waals surface area (Å²) in [6.45, 7) is 18.2. The molecule has 2 rings (SSSR count). The highest BCUT2D eigenvalue weighted by molar-refractivity contribution is 6.89. The van der Waals surface area contributed by atoms with Gasteiger partial charge >= 0.3 is 0 Å².